The normalized spacial score (nSPS) is 13.2. The minimum atomic E-state index is -0.605. The SMILES string of the molecule is C=CB1OC(C)(C)C(C)(C)O1.C=Cc1ccc2cnn(C(Cc3ccccc3)C(=O)OC)c2c1.CCc1ccc2cnn(C(Cc3ccccc3)C(=O)NO)c2c1.CCc1ccc2cnn(C(Cc3ccccc3)C(=O)OC)c2c1.COC(=O)C(Cc1ccccc1)n1ncc2ccc(Cl)cc21.Cl.NO.[K+].[OH-]. The number of halogens is 2. The van der Waals surface area contributed by atoms with Crippen molar-refractivity contribution in [1.82, 2.24) is 44.6 Å². The molecule has 0 bridgehead atoms. The van der Waals surface area contributed by atoms with Crippen molar-refractivity contribution < 1.29 is 110 Å². The van der Waals surface area contributed by atoms with Crippen LogP contribution in [0.25, 0.3) is 49.7 Å². The van der Waals surface area contributed by atoms with Gasteiger partial charge in [-0.1, -0.05) is 202 Å². The topological polar surface area (TPSA) is 294 Å². The van der Waals surface area contributed by atoms with Crippen molar-refractivity contribution in [1.29, 1.82) is 0 Å². The zero-order valence-corrected chi connectivity index (χ0v) is 66.6. The Morgan fingerprint density at radius 1 is 0.495 bits per heavy atom. The van der Waals surface area contributed by atoms with Crippen LogP contribution >= 0.6 is 24.0 Å². The summed E-state index contributed by atoms with van der Waals surface area (Å²) >= 11 is 6.07. The van der Waals surface area contributed by atoms with E-state index in [9.17, 15) is 19.2 Å². The number of aryl methyl sites for hydroxylation is 2. The molecule has 1 fully saturated rings. The molecule has 0 radical (unpaired) electrons. The maximum Gasteiger partial charge on any atom is 1.00 e. The van der Waals surface area contributed by atoms with E-state index in [2.05, 4.69) is 77.6 Å². The number of nitrogens with zero attached hydrogens (tertiary/aromatic N) is 8. The van der Waals surface area contributed by atoms with E-state index in [4.69, 9.17) is 45.5 Å². The monoisotopic (exact) mass is 1520 g/mol. The number of nitrogens with one attached hydrogen (secondary N) is 1. The Hall–Kier alpha value is -8.96. The summed E-state index contributed by atoms with van der Waals surface area (Å²) in [5, 5.41) is 37.8. The van der Waals surface area contributed by atoms with E-state index in [0.29, 0.717) is 30.7 Å². The fourth-order valence-corrected chi connectivity index (χ4v) is 11.9. The molecule has 13 rings (SSSR count). The predicted molar refractivity (Wildman–Crippen MR) is 417 cm³/mol. The van der Waals surface area contributed by atoms with Gasteiger partial charge >= 0.3 is 76.4 Å². The van der Waals surface area contributed by atoms with Crippen molar-refractivity contribution in [2.45, 2.75) is 115 Å². The first kappa shape index (κ1) is 88.7. The molecular weight excluding hydrogens is 1430 g/mol. The van der Waals surface area contributed by atoms with Crippen LogP contribution in [0.4, 0.5) is 0 Å². The van der Waals surface area contributed by atoms with Crippen LogP contribution in [-0.4, -0.2) is 118 Å². The van der Waals surface area contributed by atoms with Crippen molar-refractivity contribution in [3.05, 3.63) is 282 Å². The molecule has 4 unspecified atom stereocenters. The molecule has 1 aliphatic heterocycles. The molecule has 1 saturated heterocycles. The summed E-state index contributed by atoms with van der Waals surface area (Å²) < 4.78 is 33.0. The van der Waals surface area contributed by atoms with Crippen molar-refractivity contribution in [3.63, 3.8) is 0 Å². The molecule has 556 valence electrons. The van der Waals surface area contributed by atoms with Gasteiger partial charge in [0.25, 0.3) is 5.91 Å². The Morgan fingerprint density at radius 3 is 1.09 bits per heavy atom. The summed E-state index contributed by atoms with van der Waals surface area (Å²) in [5.41, 5.74) is 12.5. The van der Waals surface area contributed by atoms with E-state index in [1.54, 1.807) is 67.1 Å². The van der Waals surface area contributed by atoms with Gasteiger partial charge in [0.2, 0.25) is 0 Å². The molecule has 4 aromatic heterocycles. The number of hydrogen-bond donors (Lipinski definition) is 4. The van der Waals surface area contributed by atoms with E-state index in [1.807, 2.05) is 191 Å². The van der Waals surface area contributed by atoms with Gasteiger partial charge in [-0.3, -0.25) is 28.7 Å². The Balaban J connectivity index is 0.000000240. The van der Waals surface area contributed by atoms with Gasteiger partial charge in [-0.25, -0.2) is 25.8 Å². The number of nitrogens with two attached hydrogens (primary N) is 1. The second-order valence-electron chi connectivity index (χ2n) is 25.3. The van der Waals surface area contributed by atoms with Crippen LogP contribution in [0, 0.1) is 0 Å². The van der Waals surface area contributed by atoms with Crippen LogP contribution < -0.4 is 62.8 Å². The second kappa shape index (κ2) is 43.1. The van der Waals surface area contributed by atoms with E-state index in [-0.39, 0.29) is 105 Å². The quantitative estimate of drug-likeness (QED) is 0.0181. The summed E-state index contributed by atoms with van der Waals surface area (Å²) in [6.07, 6.45) is 12.7. The van der Waals surface area contributed by atoms with Gasteiger partial charge in [-0.2, -0.15) is 20.4 Å². The number of benzene rings is 8. The number of amides is 1. The summed E-state index contributed by atoms with van der Waals surface area (Å²) in [6.45, 7) is 19.7. The number of methoxy groups -OCH3 is 3. The van der Waals surface area contributed by atoms with Crippen LogP contribution in [0.1, 0.15) is 105 Å². The third-order valence-electron chi connectivity index (χ3n) is 18.1. The number of carbonyl (C=O) groups is 4. The first-order valence-corrected chi connectivity index (χ1v) is 34.4. The van der Waals surface area contributed by atoms with E-state index in [1.165, 1.54) is 32.5 Å². The van der Waals surface area contributed by atoms with Gasteiger partial charge in [-0.05, 0) is 116 Å². The van der Waals surface area contributed by atoms with Crippen LogP contribution in [-0.2, 0) is 81.2 Å². The largest absolute Gasteiger partial charge is 1.00 e. The molecular formula is C81H92BCl2KN10O12. The molecule has 1 amide bonds. The van der Waals surface area contributed by atoms with Crippen LogP contribution in [0.5, 0.6) is 0 Å². The summed E-state index contributed by atoms with van der Waals surface area (Å²) in [7, 11) is 3.96. The molecule has 6 N–H and O–H groups in total. The van der Waals surface area contributed by atoms with Crippen LogP contribution in [0.15, 0.2) is 238 Å². The third kappa shape index (κ3) is 23.3. The molecule has 22 nitrogen and oxygen atoms in total. The first-order valence-electron chi connectivity index (χ1n) is 34.0. The first-order chi connectivity index (χ1) is 50.2. The Labute approximate surface area is 678 Å². The van der Waals surface area contributed by atoms with Crippen molar-refractivity contribution >= 4 is 105 Å². The number of hydrogen-bond acceptors (Lipinski definition) is 17. The number of fused-ring (bicyclic) bond motifs is 4. The molecule has 5 heterocycles. The molecule has 26 heteroatoms. The van der Waals surface area contributed by atoms with Gasteiger partial charge in [0.15, 0.2) is 18.1 Å². The minimum Gasteiger partial charge on any atom is -0.870 e. The zero-order valence-electron chi connectivity index (χ0n) is 61.9. The smallest absolute Gasteiger partial charge is 0.870 e. The van der Waals surface area contributed by atoms with E-state index in [0.717, 1.165) is 84.3 Å². The molecule has 107 heavy (non-hydrogen) atoms. The number of carbonyl (C=O) groups excluding carboxylic acids is 4. The summed E-state index contributed by atoms with van der Waals surface area (Å²) in [6, 6.07) is 61.0. The summed E-state index contributed by atoms with van der Waals surface area (Å²) in [5.74, 6) is 3.80. The molecule has 12 aromatic rings. The van der Waals surface area contributed by atoms with Crippen LogP contribution in [0.2, 0.25) is 5.02 Å². The molecule has 0 spiro atoms. The predicted octanol–water partition coefficient (Wildman–Crippen LogP) is 12.1. The second-order valence-corrected chi connectivity index (χ2v) is 25.7. The molecule has 1 aliphatic rings. The van der Waals surface area contributed by atoms with Gasteiger partial charge in [-0.15, -0.1) is 19.0 Å². The van der Waals surface area contributed by atoms with Gasteiger partial charge in [0, 0.05) is 52.3 Å². The zero-order chi connectivity index (χ0) is 74.9. The van der Waals surface area contributed by atoms with Crippen molar-refractivity contribution in [3.8, 4) is 0 Å². The maximum absolute atomic E-state index is 12.3. The third-order valence-corrected chi connectivity index (χ3v) is 18.4. The van der Waals surface area contributed by atoms with E-state index >= 15 is 0 Å². The van der Waals surface area contributed by atoms with E-state index < -0.39 is 30.1 Å². The van der Waals surface area contributed by atoms with Crippen LogP contribution in [0.3, 0.4) is 0 Å². The maximum atomic E-state index is 12.3. The molecule has 0 saturated carbocycles. The Bertz CT molecular complexity index is 4640. The average Bonchev–Trinajstić information content (AvgIpc) is 1.72. The molecule has 4 atom stereocenters. The van der Waals surface area contributed by atoms with Gasteiger partial charge < -0.3 is 34.2 Å². The standard InChI is InChI=1S/C19H20N2O2.C19H18N2O2.C18H19N3O2.C17H15ClN2O2.C8H15BO2.ClH.K.H3NO.H2O/c2*1-3-14-9-10-16-13-20-21(17(16)11-14)18(19(22)23-2)12-15-7-5-4-6-8-15;1-2-13-8-9-15-12-19-21(16(15)10-13)17(18(22)20-23)11-14-6-4-3-5-7-14;1-22-17(21)16(9-12-5-3-2-4-6-12)20-15-10-14(18)8-7-13(15)11-19-20;1-6-9-10-7(2,3)8(4,5)11-9;;;1-2;/h4-11,13,18H,3,12H2,1-2H3;3-11,13,18H,1,12H2,2H3;3-10,12,17,23H,2,11H2,1H3,(H,20,22);2-8,10-11,16H,9H2,1H3;6H,1H2,2-5H3;1H;;2H,1H2;1H2/q;;;;;;+1;;/p-1. The Kier molecular flexibility index (Phi) is 35.8. The van der Waals surface area contributed by atoms with Gasteiger partial charge in [0.1, 0.15) is 6.04 Å². The number of ether oxygens (including phenoxy) is 3. The summed E-state index contributed by atoms with van der Waals surface area (Å²) in [4.78, 5) is 49.1. The number of esters is 3. The van der Waals surface area contributed by atoms with Gasteiger partial charge in [0.05, 0.1) is 79.4 Å². The number of rotatable bonds is 20. The fourth-order valence-electron chi connectivity index (χ4n) is 11.7. The van der Waals surface area contributed by atoms with Crippen molar-refractivity contribution in [2.24, 2.45) is 5.90 Å². The average molecular weight is 1520 g/mol. The minimum absolute atomic E-state index is 0. The number of hydroxylamine groups is 1. The fraction of sp³-hybridized carbons (Fsp3) is 0.259. The molecule has 0 aliphatic carbocycles. The molecule has 8 aromatic carbocycles. The van der Waals surface area contributed by atoms with Crippen molar-refractivity contribution in [2.75, 3.05) is 21.3 Å². The number of aromatic nitrogens is 8. The Morgan fingerprint density at radius 2 is 0.794 bits per heavy atom.